The lowest BCUT2D eigenvalue weighted by Gasteiger charge is -2.36. The van der Waals surface area contributed by atoms with Crippen LogP contribution in [0.4, 0.5) is 11.4 Å². The van der Waals surface area contributed by atoms with Gasteiger partial charge in [-0.15, -0.1) is 0 Å². The maximum absolute atomic E-state index is 12.2. The lowest BCUT2D eigenvalue weighted by molar-refractivity contribution is -0.116. The minimum atomic E-state index is -0.00972. The molecule has 0 aromatic heterocycles. The summed E-state index contributed by atoms with van der Waals surface area (Å²) < 4.78 is 0. The number of carbonyl (C=O) groups is 1. The van der Waals surface area contributed by atoms with E-state index < -0.39 is 0 Å². The molecule has 6 heteroatoms. The summed E-state index contributed by atoms with van der Waals surface area (Å²) in [4.78, 5) is 16.9. The van der Waals surface area contributed by atoms with Gasteiger partial charge in [-0.1, -0.05) is 35.3 Å². The molecule has 1 N–H and O–H groups in total. The van der Waals surface area contributed by atoms with Crippen molar-refractivity contribution in [1.29, 1.82) is 0 Å². The van der Waals surface area contributed by atoms with E-state index in [0.29, 0.717) is 22.2 Å². The highest BCUT2D eigenvalue weighted by molar-refractivity contribution is 6.42. The highest BCUT2D eigenvalue weighted by Gasteiger charge is 2.18. The Morgan fingerprint density at radius 2 is 1.81 bits per heavy atom. The molecule has 2 aromatic rings. The Labute approximate surface area is 164 Å². The van der Waals surface area contributed by atoms with Crippen molar-refractivity contribution in [2.45, 2.75) is 13.3 Å². The first-order valence-electron chi connectivity index (χ1n) is 8.80. The van der Waals surface area contributed by atoms with E-state index in [1.165, 1.54) is 11.3 Å². The average molecular weight is 392 g/mol. The summed E-state index contributed by atoms with van der Waals surface area (Å²) in [6, 6.07) is 13.7. The van der Waals surface area contributed by atoms with Crippen molar-refractivity contribution in [1.82, 2.24) is 4.90 Å². The molecule has 0 bridgehead atoms. The third kappa shape index (κ3) is 5.13. The lowest BCUT2D eigenvalue weighted by Crippen LogP contribution is -2.47. The summed E-state index contributed by atoms with van der Waals surface area (Å²) >= 11 is 11.9. The van der Waals surface area contributed by atoms with E-state index in [9.17, 15) is 4.79 Å². The second kappa shape index (κ2) is 8.76. The number of anilines is 2. The molecule has 0 saturated carbocycles. The van der Waals surface area contributed by atoms with E-state index in [0.717, 1.165) is 32.7 Å². The van der Waals surface area contributed by atoms with Crippen LogP contribution in [-0.4, -0.2) is 43.5 Å². The Bertz CT molecular complexity index is 773. The summed E-state index contributed by atoms with van der Waals surface area (Å²) in [5.41, 5.74) is 3.24. The number of rotatable bonds is 5. The fourth-order valence-corrected chi connectivity index (χ4v) is 3.41. The molecule has 0 atom stereocenters. The molecule has 0 spiro atoms. The van der Waals surface area contributed by atoms with Gasteiger partial charge in [-0.3, -0.25) is 9.69 Å². The van der Waals surface area contributed by atoms with Crippen LogP contribution in [0.15, 0.2) is 42.5 Å². The Hall–Kier alpha value is -1.75. The molecule has 2 aromatic carbocycles. The second-order valence-electron chi connectivity index (χ2n) is 6.59. The van der Waals surface area contributed by atoms with E-state index in [1.807, 2.05) is 0 Å². The summed E-state index contributed by atoms with van der Waals surface area (Å²) in [5, 5.41) is 3.80. The zero-order valence-electron chi connectivity index (χ0n) is 14.8. The molecule has 1 saturated heterocycles. The predicted molar refractivity (Wildman–Crippen MR) is 110 cm³/mol. The topological polar surface area (TPSA) is 35.6 Å². The first-order chi connectivity index (χ1) is 12.5. The number of hydrogen-bond acceptors (Lipinski definition) is 3. The molecule has 1 amide bonds. The highest BCUT2D eigenvalue weighted by atomic mass is 35.5. The largest absolute Gasteiger partial charge is 0.369 e. The van der Waals surface area contributed by atoms with Crippen LogP contribution in [0.25, 0.3) is 0 Å². The van der Waals surface area contributed by atoms with Crippen molar-refractivity contribution >= 4 is 40.5 Å². The number of nitrogens with zero attached hydrogens (tertiary/aromatic N) is 2. The number of hydrogen-bond donors (Lipinski definition) is 1. The fraction of sp³-hybridized carbons (Fsp3) is 0.350. The van der Waals surface area contributed by atoms with E-state index >= 15 is 0 Å². The van der Waals surface area contributed by atoms with Crippen molar-refractivity contribution < 1.29 is 4.79 Å². The van der Waals surface area contributed by atoms with Gasteiger partial charge in [0.1, 0.15) is 0 Å². The van der Waals surface area contributed by atoms with Crippen LogP contribution >= 0.6 is 23.2 Å². The van der Waals surface area contributed by atoms with Gasteiger partial charge >= 0.3 is 0 Å². The molecular weight excluding hydrogens is 369 g/mol. The monoisotopic (exact) mass is 391 g/mol. The van der Waals surface area contributed by atoms with E-state index in [1.54, 1.807) is 18.2 Å². The molecule has 4 nitrogen and oxygen atoms in total. The number of aryl methyl sites for hydroxylation is 1. The molecular formula is C20H23Cl2N3O. The number of nitrogens with one attached hydrogen (secondary N) is 1. The van der Waals surface area contributed by atoms with Crippen LogP contribution in [0.1, 0.15) is 12.0 Å². The minimum Gasteiger partial charge on any atom is -0.369 e. The average Bonchev–Trinajstić information content (AvgIpc) is 2.63. The lowest BCUT2D eigenvalue weighted by atomic mass is 10.2. The second-order valence-corrected chi connectivity index (χ2v) is 7.41. The summed E-state index contributed by atoms with van der Waals surface area (Å²) in [7, 11) is 0. The van der Waals surface area contributed by atoms with E-state index in [4.69, 9.17) is 23.2 Å². The quantitative estimate of drug-likeness (QED) is 0.817. The van der Waals surface area contributed by atoms with Crippen LogP contribution in [-0.2, 0) is 4.79 Å². The molecule has 0 radical (unpaired) electrons. The molecule has 26 heavy (non-hydrogen) atoms. The van der Waals surface area contributed by atoms with Crippen LogP contribution in [0.2, 0.25) is 10.0 Å². The van der Waals surface area contributed by atoms with Crippen molar-refractivity contribution in [3.05, 3.63) is 58.1 Å². The predicted octanol–water partition coefficient (Wildman–Crippen LogP) is 4.45. The van der Waals surface area contributed by atoms with E-state index in [2.05, 4.69) is 46.3 Å². The first-order valence-corrected chi connectivity index (χ1v) is 9.56. The van der Waals surface area contributed by atoms with Gasteiger partial charge in [0.05, 0.1) is 10.0 Å². The van der Waals surface area contributed by atoms with Gasteiger partial charge in [0.2, 0.25) is 5.91 Å². The number of halogens is 2. The highest BCUT2D eigenvalue weighted by Crippen LogP contribution is 2.25. The molecule has 0 unspecified atom stereocenters. The molecule has 1 fully saturated rings. The molecule has 0 aliphatic carbocycles. The number of piperazine rings is 1. The van der Waals surface area contributed by atoms with Crippen LogP contribution in [0, 0.1) is 6.92 Å². The third-order valence-corrected chi connectivity index (χ3v) is 5.34. The van der Waals surface area contributed by atoms with Gasteiger partial charge in [0, 0.05) is 50.5 Å². The van der Waals surface area contributed by atoms with Crippen molar-refractivity contribution in [2.24, 2.45) is 0 Å². The Morgan fingerprint density at radius 3 is 2.50 bits per heavy atom. The van der Waals surface area contributed by atoms with E-state index in [-0.39, 0.29) is 5.91 Å². The Kier molecular flexibility index (Phi) is 6.41. The third-order valence-electron chi connectivity index (χ3n) is 4.60. The number of benzene rings is 2. The normalized spacial score (nSPS) is 15.1. The number of carbonyl (C=O) groups excluding carboxylic acids is 1. The standard InChI is InChI=1S/C20H23Cl2N3O/c1-15-3-2-4-17(13-15)25-11-9-24(10-12-25)8-7-20(26)23-16-5-6-18(21)19(22)14-16/h2-6,13-14H,7-12H2,1H3,(H,23,26). The van der Waals surface area contributed by atoms with Crippen LogP contribution in [0.5, 0.6) is 0 Å². The number of amides is 1. The Balaban J connectivity index is 1.43. The maximum Gasteiger partial charge on any atom is 0.225 e. The van der Waals surface area contributed by atoms with Gasteiger partial charge in [0.25, 0.3) is 0 Å². The zero-order chi connectivity index (χ0) is 18.5. The molecule has 1 aliphatic heterocycles. The molecule has 1 heterocycles. The Morgan fingerprint density at radius 1 is 1.04 bits per heavy atom. The van der Waals surface area contributed by atoms with Gasteiger partial charge in [-0.05, 0) is 42.8 Å². The first kappa shape index (κ1) is 19.0. The summed E-state index contributed by atoms with van der Waals surface area (Å²) in [6.07, 6.45) is 0.463. The molecule has 138 valence electrons. The van der Waals surface area contributed by atoms with Gasteiger partial charge in [-0.25, -0.2) is 0 Å². The van der Waals surface area contributed by atoms with Gasteiger partial charge in [0.15, 0.2) is 0 Å². The fourth-order valence-electron chi connectivity index (χ4n) is 3.11. The van der Waals surface area contributed by atoms with Crippen molar-refractivity contribution in [2.75, 3.05) is 42.9 Å². The molecule has 3 rings (SSSR count). The van der Waals surface area contributed by atoms with Crippen LogP contribution < -0.4 is 10.2 Å². The zero-order valence-corrected chi connectivity index (χ0v) is 16.4. The van der Waals surface area contributed by atoms with Crippen molar-refractivity contribution in [3.8, 4) is 0 Å². The maximum atomic E-state index is 12.2. The smallest absolute Gasteiger partial charge is 0.225 e. The SMILES string of the molecule is Cc1cccc(N2CCN(CCC(=O)Nc3ccc(Cl)c(Cl)c3)CC2)c1. The van der Waals surface area contributed by atoms with Crippen LogP contribution in [0.3, 0.4) is 0 Å². The molecule has 1 aliphatic rings. The summed E-state index contributed by atoms with van der Waals surface area (Å²) in [6.45, 7) is 6.78. The minimum absolute atomic E-state index is 0.00972. The van der Waals surface area contributed by atoms with Crippen molar-refractivity contribution in [3.63, 3.8) is 0 Å². The van der Waals surface area contributed by atoms with Gasteiger partial charge < -0.3 is 10.2 Å². The van der Waals surface area contributed by atoms with Gasteiger partial charge in [-0.2, -0.15) is 0 Å². The summed E-state index contributed by atoms with van der Waals surface area (Å²) in [5.74, 6) is -0.00972.